The Balaban J connectivity index is 3.30. The van der Waals surface area contributed by atoms with E-state index in [-0.39, 0.29) is 5.91 Å². The SMILES string of the molecule is CC(=O)n1nc(C)c(C(C)C)c1C. The summed E-state index contributed by atoms with van der Waals surface area (Å²) in [6, 6.07) is 0. The van der Waals surface area contributed by atoms with Crippen molar-refractivity contribution in [1.29, 1.82) is 0 Å². The van der Waals surface area contributed by atoms with Crippen LogP contribution in [-0.4, -0.2) is 15.7 Å². The van der Waals surface area contributed by atoms with Gasteiger partial charge in [-0.25, -0.2) is 4.68 Å². The quantitative estimate of drug-likeness (QED) is 0.664. The van der Waals surface area contributed by atoms with E-state index in [4.69, 9.17) is 0 Å². The molecule has 1 aromatic rings. The lowest BCUT2D eigenvalue weighted by Crippen LogP contribution is -2.09. The molecule has 0 saturated carbocycles. The molecule has 0 fully saturated rings. The van der Waals surface area contributed by atoms with E-state index in [0.29, 0.717) is 5.92 Å². The first kappa shape index (κ1) is 9.96. The number of aryl methyl sites for hydroxylation is 1. The van der Waals surface area contributed by atoms with Gasteiger partial charge in [0.2, 0.25) is 5.91 Å². The summed E-state index contributed by atoms with van der Waals surface area (Å²) in [7, 11) is 0. The minimum Gasteiger partial charge on any atom is -0.273 e. The lowest BCUT2D eigenvalue weighted by molar-refractivity contribution is 0.0918. The number of hydrogen-bond acceptors (Lipinski definition) is 2. The first-order chi connectivity index (χ1) is 5.95. The van der Waals surface area contributed by atoms with Gasteiger partial charge in [0.1, 0.15) is 0 Å². The molecule has 0 aromatic carbocycles. The van der Waals surface area contributed by atoms with Gasteiger partial charge >= 0.3 is 0 Å². The topological polar surface area (TPSA) is 34.9 Å². The summed E-state index contributed by atoms with van der Waals surface area (Å²) in [5.74, 6) is 0.403. The van der Waals surface area contributed by atoms with Crippen molar-refractivity contribution < 1.29 is 4.79 Å². The van der Waals surface area contributed by atoms with Crippen LogP contribution in [-0.2, 0) is 0 Å². The second-order valence-corrected chi connectivity index (χ2v) is 3.67. The molecule has 0 aliphatic heterocycles. The molecule has 1 rings (SSSR count). The summed E-state index contributed by atoms with van der Waals surface area (Å²) in [5, 5.41) is 4.20. The molecular weight excluding hydrogens is 164 g/mol. The number of rotatable bonds is 1. The van der Waals surface area contributed by atoms with Gasteiger partial charge in [-0.3, -0.25) is 4.79 Å². The van der Waals surface area contributed by atoms with Gasteiger partial charge in [0.15, 0.2) is 0 Å². The molecule has 0 unspecified atom stereocenters. The van der Waals surface area contributed by atoms with Gasteiger partial charge in [-0.15, -0.1) is 0 Å². The number of carbonyl (C=O) groups excluding carboxylic acids is 1. The summed E-state index contributed by atoms with van der Waals surface area (Å²) >= 11 is 0. The van der Waals surface area contributed by atoms with Crippen LogP contribution < -0.4 is 0 Å². The van der Waals surface area contributed by atoms with Crippen molar-refractivity contribution in [2.75, 3.05) is 0 Å². The summed E-state index contributed by atoms with van der Waals surface area (Å²) in [5.41, 5.74) is 3.12. The van der Waals surface area contributed by atoms with Gasteiger partial charge in [0.05, 0.1) is 5.69 Å². The van der Waals surface area contributed by atoms with Crippen molar-refractivity contribution >= 4 is 5.91 Å². The molecule has 0 aliphatic carbocycles. The Morgan fingerprint density at radius 1 is 1.38 bits per heavy atom. The number of aromatic nitrogens is 2. The van der Waals surface area contributed by atoms with E-state index < -0.39 is 0 Å². The fourth-order valence-corrected chi connectivity index (χ4v) is 1.80. The molecule has 13 heavy (non-hydrogen) atoms. The third-order valence-electron chi connectivity index (χ3n) is 2.22. The molecule has 0 bridgehead atoms. The standard InChI is InChI=1S/C10H16N2O/c1-6(2)10-7(3)11-12(8(10)4)9(5)13/h6H,1-5H3. The summed E-state index contributed by atoms with van der Waals surface area (Å²) < 4.78 is 1.48. The van der Waals surface area contributed by atoms with Crippen molar-refractivity contribution in [2.24, 2.45) is 0 Å². The lowest BCUT2D eigenvalue weighted by atomic mass is 10.0. The molecule has 0 N–H and O–H groups in total. The Labute approximate surface area is 78.8 Å². The van der Waals surface area contributed by atoms with Crippen LogP contribution in [0.5, 0.6) is 0 Å². The molecule has 0 saturated heterocycles. The predicted molar refractivity (Wildman–Crippen MR) is 52.1 cm³/mol. The second kappa shape index (κ2) is 3.32. The Kier molecular flexibility index (Phi) is 2.55. The molecule has 1 heterocycles. The first-order valence-electron chi connectivity index (χ1n) is 4.52. The van der Waals surface area contributed by atoms with Crippen molar-refractivity contribution in [3.63, 3.8) is 0 Å². The minimum absolute atomic E-state index is 0.0208. The van der Waals surface area contributed by atoms with Gasteiger partial charge in [-0.05, 0) is 25.3 Å². The third kappa shape index (κ3) is 1.64. The van der Waals surface area contributed by atoms with Crippen LogP contribution in [0.3, 0.4) is 0 Å². The predicted octanol–water partition coefficient (Wildman–Crippen LogP) is 2.28. The molecule has 0 atom stereocenters. The van der Waals surface area contributed by atoms with Gasteiger partial charge in [0.25, 0.3) is 0 Å². The molecule has 72 valence electrons. The molecule has 0 amide bonds. The highest BCUT2D eigenvalue weighted by Crippen LogP contribution is 2.22. The number of nitrogens with zero attached hydrogens (tertiary/aromatic N) is 2. The van der Waals surface area contributed by atoms with E-state index >= 15 is 0 Å². The van der Waals surface area contributed by atoms with Crippen LogP contribution in [0.25, 0.3) is 0 Å². The molecular formula is C10H16N2O. The van der Waals surface area contributed by atoms with Crippen molar-refractivity contribution in [1.82, 2.24) is 9.78 Å². The van der Waals surface area contributed by atoms with E-state index in [9.17, 15) is 4.79 Å². The Morgan fingerprint density at radius 3 is 2.15 bits per heavy atom. The maximum absolute atomic E-state index is 11.2. The van der Waals surface area contributed by atoms with E-state index in [1.807, 2.05) is 13.8 Å². The monoisotopic (exact) mass is 180 g/mol. The van der Waals surface area contributed by atoms with Crippen molar-refractivity contribution in [3.05, 3.63) is 17.0 Å². The van der Waals surface area contributed by atoms with Crippen LogP contribution in [0.15, 0.2) is 0 Å². The third-order valence-corrected chi connectivity index (χ3v) is 2.22. The van der Waals surface area contributed by atoms with E-state index in [2.05, 4.69) is 18.9 Å². The second-order valence-electron chi connectivity index (χ2n) is 3.67. The number of carbonyl (C=O) groups is 1. The van der Waals surface area contributed by atoms with Gasteiger partial charge < -0.3 is 0 Å². The van der Waals surface area contributed by atoms with Gasteiger partial charge in [0, 0.05) is 12.6 Å². The van der Waals surface area contributed by atoms with E-state index in [1.54, 1.807) is 0 Å². The molecule has 3 nitrogen and oxygen atoms in total. The summed E-state index contributed by atoms with van der Waals surface area (Å²) in [4.78, 5) is 11.2. The Bertz CT molecular complexity index is 337. The lowest BCUT2D eigenvalue weighted by Gasteiger charge is -2.04. The van der Waals surface area contributed by atoms with Crippen LogP contribution in [0.2, 0.25) is 0 Å². The maximum atomic E-state index is 11.2. The maximum Gasteiger partial charge on any atom is 0.243 e. The first-order valence-corrected chi connectivity index (χ1v) is 4.52. The van der Waals surface area contributed by atoms with E-state index in [1.165, 1.54) is 17.2 Å². The highest BCUT2D eigenvalue weighted by molar-refractivity contribution is 5.76. The Hall–Kier alpha value is -1.12. The van der Waals surface area contributed by atoms with Crippen molar-refractivity contribution in [2.45, 2.75) is 40.5 Å². The van der Waals surface area contributed by atoms with Crippen LogP contribution >= 0.6 is 0 Å². The zero-order chi connectivity index (χ0) is 10.2. The zero-order valence-electron chi connectivity index (χ0n) is 8.88. The Morgan fingerprint density at radius 2 is 1.92 bits per heavy atom. The minimum atomic E-state index is -0.0208. The molecule has 0 aliphatic rings. The van der Waals surface area contributed by atoms with Crippen LogP contribution in [0, 0.1) is 13.8 Å². The molecule has 0 radical (unpaired) electrons. The highest BCUT2D eigenvalue weighted by Gasteiger charge is 2.15. The molecule has 1 aromatic heterocycles. The fourth-order valence-electron chi connectivity index (χ4n) is 1.80. The van der Waals surface area contributed by atoms with Gasteiger partial charge in [-0.2, -0.15) is 5.10 Å². The smallest absolute Gasteiger partial charge is 0.243 e. The normalized spacial score (nSPS) is 10.9. The summed E-state index contributed by atoms with van der Waals surface area (Å²) in [6.07, 6.45) is 0. The zero-order valence-corrected chi connectivity index (χ0v) is 8.88. The van der Waals surface area contributed by atoms with Crippen LogP contribution in [0.1, 0.15) is 48.4 Å². The molecule has 3 heteroatoms. The largest absolute Gasteiger partial charge is 0.273 e. The van der Waals surface area contributed by atoms with Crippen molar-refractivity contribution in [3.8, 4) is 0 Å². The highest BCUT2D eigenvalue weighted by atomic mass is 16.2. The average Bonchev–Trinajstić information content (AvgIpc) is 2.26. The van der Waals surface area contributed by atoms with Gasteiger partial charge in [-0.1, -0.05) is 13.8 Å². The van der Waals surface area contributed by atoms with E-state index in [0.717, 1.165) is 11.4 Å². The molecule has 0 spiro atoms. The number of hydrogen-bond donors (Lipinski definition) is 0. The average molecular weight is 180 g/mol. The van der Waals surface area contributed by atoms with Crippen LogP contribution in [0.4, 0.5) is 0 Å². The summed E-state index contributed by atoms with van der Waals surface area (Å²) in [6.45, 7) is 9.64. The fraction of sp³-hybridized carbons (Fsp3) is 0.600.